The highest BCUT2D eigenvalue weighted by atomic mass is 32.2. The quantitative estimate of drug-likeness (QED) is 0.309. The number of fused-ring (bicyclic) bond motifs is 1. The molecule has 9 heteroatoms. The number of hydrogen-bond donors (Lipinski definition) is 3. The molecule has 0 aromatic heterocycles. The van der Waals surface area contributed by atoms with Gasteiger partial charge in [-0.2, -0.15) is 13.0 Å². The van der Waals surface area contributed by atoms with E-state index in [1.54, 1.807) is 6.07 Å². The van der Waals surface area contributed by atoms with Gasteiger partial charge in [0, 0.05) is 25.0 Å². The minimum absolute atomic E-state index is 0.117. The van der Waals surface area contributed by atoms with Crippen LogP contribution in [-0.2, 0) is 20.1 Å². The van der Waals surface area contributed by atoms with Gasteiger partial charge in [0.1, 0.15) is 0 Å². The summed E-state index contributed by atoms with van der Waals surface area (Å²) in [7, 11) is -6.59. The molecule has 1 aromatic carbocycles. The zero-order valence-corrected chi connectivity index (χ0v) is 14.9. The topological polar surface area (TPSA) is 107 Å². The second-order valence-electron chi connectivity index (χ2n) is 5.96. The van der Waals surface area contributed by atoms with Crippen molar-refractivity contribution in [1.82, 2.24) is 0 Å². The van der Waals surface area contributed by atoms with Crippen molar-refractivity contribution >= 4 is 30.1 Å². The standard InChI is InChI=1S/C14H20NO6PS/c1-10-14(2,3)12-9-11(23(18,19)20)5-6-13(12)15(10)7-4-8-21-22(16)17/h5-6,9,16-17H,4,7-8H2,1-3H3/p+1. The van der Waals surface area contributed by atoms with Crippen LogP contribution in [0.15, 0.2) is 23.1 Å². The molecule has 0 spiro atoms. The first-order valence-electron chi connectivity index (χ1n) is 7.09. The largest absolute Gasteiger partial charge is 0.328 e. The van der Waals surface area contributed by atoms with E-state index in [2.05, 4.69) is 4.58 Å². The average Bonchev–Trinajstić information content (AvgIpc) is 2.62. The fourth-order valence-corrected chi connectivity index (χ4v) is 3.58. The van der Waals surface area contributed by atoms with E-state index < -0.39 is 18.7 Å². The first-order valence-corrected chi connectivity index (χ1v) is 9.70. The van der Waals surface area contributed by atoms with Gasteiger partial charge in [0.2, 0.25) is 5.69 Å². The molecular formula is C14H21NO6PS+. The van der Waals surface area contributed by atoms with Crippen LogP contribution in [0.2, 0.25) is 0 Å². The molecule has 3 N–H and O–H groups in total. The van der Waals surface area contributed by atoms with Crippen molar-refractivity contribution in [2.45, 2.75) is 37.5 Å². The highest BCUT2D eigenvalue weighted by molar-refractivity contribution is 7.85. The molecule has 0 bridgehead atoms. The van der Waals surface area contributed by atoms with Gasteiger partial charge in [0.15, 0.2) is 12.3 Å². The molecule has 0 amide bonds. The lowest BCUT2D eigenvalue weighted by molar-refractivity contribution is -0.440. The molecule has 1 heterocycles. The monoisotopic (exact) mass is 362 g/mol. The Morgan fingerprint density at radius 1 is 1.30 bits per heavy atom. The average molecular weight is 362 g/mol. The normalized spacial score (nSPS) is 17.0. The van der Waals surface area contributed by atoms with Gasteiger partial charge in [-0.05, 0) is 26.0 Å². The predicted octanol–water partition coefficient (Wildman–Crippen LogP) is 1.95. The van der Waals surface area contributed by atoms with E-state index in [1.807, 2.05) is 20.8 Å². The third-order valence-electron chi connectivity index (χ3n) is 4.27. The predicted molar refractivity (Wildman–Crippen MR) is 86.7 cm³/mol. The lowest BCUT2D eigenvalue weighted by Gasteiger charge is -2.15. The lowest BCUT2D eigenvalue weighted by Crippen LogP contribution is -2.27. The van der Waals surface area contributed by atoms with Gasteiger partial charge in [-0.3, -0.25) is 4.55 Å². The molecule has 0 aliphatic carbocycles. The summed E-state index contributed by atoms with van der Waals surface area (Å²) in [6.07, 6.45) is 0.590. The van der Waals surface area contributed by atoms with E-state index in [0.717, 1.165) is 17.0 Å². The highest BCUT2D eigenvalue weighted by Gasteiger charge is 2.43. The van der Waals surface area contributed by atoms with E-state index >= 15 is 0 Å². The summed E-state index contributed by atoms with van der Waals surface area (Å²) in [6.45, 7) is 6.79. The van der Waals surface area contributed by atoms with Crippen LogP contribution in [0.1, 0.15) is 32.8 Å². The highest BCUT2D eigenvalue weighted by Crippen LogP contribution is 2.40. The third kappa shape index (κ3) is 3.79. The summed E-state index contributed by atoms with van der Waals surface area (Å²) in [4.78, 5) is 17.4. The molecule has 1 aromatic rings. The molecule has 2 rings (SSSR count). The van der Waals surface area contributed by atoms with Crippen molar-refractivity contribution in [3.63, 3.8) is 0 Å². The summed E-state index contributed by atoms with van der Waals surface area (Å²) in [5.74, 6) is 0. The Kier molecular flexibility index (Phi) is 5.25. The van der Waals surface area contributed by atoms with Crippen LogP contribution in [0, 0.1) is 0 Å². The molecule has 0 atom stereocenters. The third-order valence-corrected chi connectivity index (χ3v) is 5.54. The van der Waals surface area contributed by atoms with E-state index in [0.29, 0.717) is 13.0 Å². The molecule has 0 fully saturated rings. The molecule has 1 aliphatic heterocycles. The zero-order valence-electron chi connectivity index (χ0n) is 13.2. The lowest BCUT2D eigenvalue weighted by atomic mass is 9.82. The maximum atomic E-state index is 11.4. The van der Waals surface area contributed by atoms with E-state index in [4.69, 9.17) is 14.3 Å². The fraction of sp³-hybridized carbons (Fsp3) is 0.500. The van der Waals surface area contributed by atoms with E-state index in [9.17, 15) is 13.0 Å². The van der Waals surface area contributed by atoms with Gasteiger partial charge in [0.25, 0.3) is 10.1 Å². The molecule has 7 nitrogen and oxygen atoms in total. The molecule has 0 unspecified atom stereocenters. The molecule has 1 aliphatic rings. The van der Waals surface area contributed by atoms with Crippen LogP contribution in [-0.4, -0.2) is 46.2 Å². The summed E-state index contributed by atoms with van der Waals surface area (Å²) in [5, 5.41) is 0. The Morgan fingerprint density at radius 2 is 1.96 bits per heavy atom. The fourth-order valence-electron chi connectivity index (χ4n) is 2.78. The van der Waals surface area contributed by atoms with Gasteiger partial charge < -0.3 is 14.3 Å². The number of nitrogens with zero attached hydrogens (tertiary/aromatic N) is 1. The van der Waals surface area contributed by atoms with Crippen molar-refractivity contribution in [1.29, 1.82) is 0 Å². The first kappa shape index (κ1) is 18.4. The Balaban J connectivity index is 2.31. The van der Waals surface area contributed by atoms with E-state index in [1.165, 1.54) is 12.1 Å². The second kappa shape index (κ2) is 6.55. The molecular weight excluding hydrogens is 341 g/mol. The van der Waals surface area contributed by atoms with Gasteiger partial charge >= 0.3 is 8.60 Å². The van der Waals surface area contributed by atoms with E-state index in [-0.39, 0.29) is 16.9 Å². The molecule has 23 heavy (non-hydrogen) atoms. The number of rotatable bonds is 6. The van der Waals surface area contributed by atoms with Gasteiger partial charge in [0.05, 0.1) is 16.9 Å². The van der Waals surface area contributed by atoms with Gasteiger partial charge in [-0.25, -0.2) is 0 Å². The van der Waals surface area contributed by atoms with Crippen LogP contribution < -0.4 is 0 Å². The summed E-state index contributed by atoms with van der Waals surface area (Å²) in [6, 6.07) is 4.57. The Labute approximate surface area is 137 Å². The van der Waals surface area contributed by atoms with Crippen LogP contribution >= 0.6 is 8.60 Å². The maximum absolute atomic E-state index is 11.4. The Morgan fingerprint density at radius 3 is 2.52 bits per heavy atom. The summed E-state index contributed by atoms with van der Waals surface area (Å²) < 4.78 is 38.8. The Hall–Kier alpha value is -0.890. The van der Waals surface area contributed by atoms with Crippen molar-refractivity contribution in [2.75, 3.05) is 13.2 Å². The molecule has 0 saturated heterocycles. The smallest absolute Gasteiger partial charge is 0.327 e. The first-order chi connectivity index (χ1) is 10.5. The molecule has 0 radical (unpaired) electrons. The van der Waals surface area contributed by atoms with Crippen LogP contribution in [0.5, 0.6) is 0 Å². The van der Waals surface area contributed by atoms with Crippen molar-refractivity contribution in [2.24, 2.45) is 0 Å². The van der Waals surface area contributed by atoms with Crippen LogP contribution in [0.3, 0.4) is 0 Å². The zero-order chi connectivity index (χ0) is 17.4. The maximum Gasteiger partial charge on any atom is 0.327 e. The minimum atomic E-state index is -4.24. The summed E-state index contributed by atoms with van der Waals surface area (Å²) in [5.41, 5.74) is 2.40. The second-order valence-corrected chi connectivity index (χ2v) is 8.14. The van der Waals surface area contributed by atoms with Crippen molar-refractivity contribution in [3.05, 3.63) is 23.8 Å². The molecule has 128 valence electrons. The van der Waals surface area contributed by atoms with Gasteiger partial charge in [-0.15, -0.1) is 0 Å². The van der Waals surface area contributed by atoms with Crippen LogP contribution in [0.25, 0.3) is 0 Å². The number of benzene rings is 1. The Bertz CT molecular complexity index is 742. The van der Waals surface area contributed by atoms with Crippen molar-refractivity contribution in [3.8, 4) is 0 Å². The SMILES string of the molecule is CC1=[N+](CCCOP(O)O)c2ccc(S(=O)(=O)O)cc2C1(C)C. The van der Waals surface area contributed by atoms with Crippen molar-refractivity contribution < 1.29 is 31.9 Å². The number of hydrogen-bond acceptors (Lipinski definition) is 5. The van der Waals surface area contributed by atoms with Gasteiger partial charge in [-0.1, -0.05) is 0 Å². The van der Waals surface area contributed by atoms with Crippen LogP contribution in [0.4, 0.5) is 5.69 Å². The summed E-state index contributed by atoms with van der Waals surface area (Å²) >= 11 is 0. The molecule has 0 saturated carbocycles. The minimum Gasteiger partial charge on any atom is -0.328 e.